The molecule has 2 amide bonds. The third-order valence-electron chi connectivity index (χ3n) is 3.69. The van der Waals surface area contributed by atoms with Gasteiger partial charge in [-0.1, -0.05) is 11.6 Å². The first-order chi connectivity index (χ1) is 11.4. The minimum atomic E-state index is -0.832. The fourth-order valence-electron chi connectivity index (χ4n) is 2.59. The average molecular weight is 351 g/mol. The average Bonchev–Trinajstić information content (AvgIpc) is 2.92. The van der Waals surface area contributed by atoms with Crippen molar-refractivity contribution in [3.05, 3.63) is 58.6 Å². The first kappa shape index (κ1) is 16.4. The van der Waals surface area contributed by atoms with E-state index in [1.165, 1.54) is 6.07 Å². The van der Waals surface area contributed by atoms with E-state index in [9.17, 15) is 18.4 Å². The molecule has 0 saturated carbocycles. The molecule has 4 nitrogen and oxygen atoms in total. The number of nitrogens with zero attached hydrogens (tertiary/aromatic N) is 1. The van der Waals surface area contributed by atoms with Crippen LogP contribution in [0.3, 0.4) is 0 Å². The number of amides is 2. The lowest BCUT2D eigenvalue weighted by Gasteiger charge is -2.18. The van der Waals surface area contributed by atoms with Gasteiger partial charge in [-0.3, -0.25) is 9.59 Å². The molecule has 2 aromatic carbocycles. The molecule has 1 aliphatic rings. The molecule has 1 heterocycles. The maximum atomic E-state index is 13.2. The SMILES string of the molecule is O=C(Nc1ccc(N2CCCC2=O)c(Cl)c1)c1cc(F)cc(F)c1. The highest BCUT2D eigenvalue weighted by Gasteiger charge is 2.23. The Kier molecular flexibility index (Phi) is 4.49. The fraction of sp³-hybridized carbons (Fsp3) is 0.176. The molecule has 1 N–H and O–H groups in total. The lowest BCUT2D eigenvalue weighted by atomic mass is 10.2. The van der Waals surface area contributed by atoms with Crippen LogP contribution in [0.15, 0.2) is 36.4 Å². The van der Waals surface area contributed by atoms with Crippen LogP contribution in [0.1, 0.15) is 23.2 Å². The number of benzene rings is 2. The summed E-state index contributed by atoms with van der Waals surface area (Å²) >= 11 is 6.19. The van der Waals surface area contributed by atoms with Crippen LogP contribution in [0, 0.1) is 11.6 Å². The van der Waals surface area contributed by atoms with Gasteiger partial charge in [-0.2, -0.15) is 0 Å². The van der Waals surface area contributed by atoms with Crippen LogP contribution in [0.25, 0.3) is 0 Å². The minimum Gasteiger partial charge on any atom is -0.322 e. The van der Waals surface area contributed by atoms with E-state index in [1.54, 1.807) is 17.0 Å². The standard InChI is InChI=1S/C17H13ClF2N2O2/c18-14-9-13(3-4-15(14)22-5-1-2-16(22)23)21-17(24)10-6-11(19)8-12(20)7-10/h3-4,6-9H,1-2,5H2,(H,21,24). The van der Waals surface area contributed by atoms with E-state index >= 15 is 0 Å². The molecule has 1 fully saturated rings. The van der Waals surface area contributed by atoms with Crippen LogP contribution >= 0.6 is 11.6 Å². The van der Waals surface area contributed by atoms with E-state index < -0.39 is 17.5 Å². The lowest BCUT2D eigenvalue weighted by Crippen LogP contribution is -2.24. The Bertz CT molecular complexity index is 806. The highest BCUT2D eigenvalue weighted by molar-refractivity contribution is 6.34. The predicted molar refractivity (Wildman–Crippen MR) is 87.4 cm³/mol. The van der Waals surface area contributed by atoms with E-state index in [1.807, 2.05) is 0 Å². The van der Waals surface area contributed by atoms with E-state index in [0.717, 1.165) is 18.6 Å². The number of nitrogens with one attached hydrogen (secondary N) is 1. The Labute approximate surface area is 142 Å². The molecule has 0 unspecified atom stereocenters. The largest absolute Gasteiger partial charge is 0.322 e. The maximum absolute atomic E-state index is 13.2. The van der Waals surface area contributed by atoms with E-state index in [0.29, 0.717) is 35.4 Å². The van der Waals surface area contributed by atoms with E-state index in [2.05, 4.69) is 5.32 Å². The van der Waals surface area contributed by atoms with Gasteiger partial charge in [0.05, 0.1) is 10.7 Å². The summed E-state index contributed by atoms with van der Waals surface area (Å²) in [5, 5.41) is 2.84. The molecule has 0 radical (unpaired) electrons. The second-order valence-corrected chi connectivity index (χ2v) is 5.83. The Morgan fingerprint density at radius 1 is 1.12 bits per heavy atom. The number of carbonyl (C=O) groups is 2. The lowest BCUT2D eigenvalue weighted by molar-refractivity contribution is -0.117. The third kappa shape index (κ3) is 3.38. The smallest absolute Gasteiger partial charge is 0.255 e. The van der Waals surface area contributed by atoms with Crippen LogP contribution in [0.5, 0.6) is 0 Å². The van der Waals surface area contributed by atoms with Gasteiger partial charge in [0, 0.05) is 30.3 Å². The molecule has 3 rings (SSSR count). The zero-order chi connectivity index (χ0) is 17.3. The maximum Gasteiger partial charge on any atom is 0.255 e. The van der Waals surface area contributed by atoms with E-state index in [-0.39, 0.29) is 11.5 Å². The summed E-state index contributed by atoms with van der Waals surface area (Å²) in [6.07, 6.45) is 1.26. The van der Waals surface area contributed by atoms with Crippen LogP contribution in [-0.2, 0) is 4.79 Å². The first-order valence-electron chi connectivity index (χ1n) is 7.31. The summed E-state index contributed by atoms with van der Waals surface area (Å²) in [5.41, 5.74) is 0.807. The van der Waals surface area contributed by atoms with Crippen molar-refractivity contribution < 1.29 is 18.4 Å². The van der Waals surface area contributed by atoms with Gasteiger partial charge in [-0.15, -0.1) is 0 Å². The van der Waals surface area contributed by atoms with Gasteiger partial charge in [0.1, 0.15) is 11.6 Å². The van der Waals surface area contributed by atoms with Gasteiger partial charge in [-0.05, 0) is 36.8 Å². The summed E-state index contributed by atoms with van der Waals surface area (Å²) in [6.45, 7) is 0.604. The zero-order valence-electron chi connectivity index (χ0n) is 12.5. The second-order valence-electron chi connectivity index (χ2n) is 5.43. The minimum absolute atomic E-state index is 0.00363. The quantitative estimate of drug-likeness (QED) is 0.909. The van der Waals surface area contributed by atoms with Crippen LogP contribution in [0.4, 0.5) is 20.2 Å². The third-order valence-corrected chi connectivity index (χ3v) is 4.00. The molecular weight excluding hydrogens is 338 g/mol. The molecule has 2 aromatic rings. The van der Waals surface area contributed by atoms with Crippen molar-refractivity contribution in [3.63, 3.8) is 0 Å². The van der Waals surface area contributed by atoms with Gasteiger partial charge >= 0.3 is 0 Å². The molecule has 0 aromatic heterocycles. The summed E-state index contributed by atoms with van der Waals surface area (Å²) in [6, 6.07) is 7.29. The van der Waals surface area contributed by atoms with Gasteiger partial charge < -0.3 is 10.2 Å². The van der Waals surface area contributed by atoms with E-state index in [4.69, 9.17) is 11.6 Å². The first-order valence-corrected chi connectivity index (χ1v) is 7.69. The summed E-state index contributed by atoms with van der Waals surface area (Å²) in [5.74, 6) is -2.32. The topological polar surface area (TPSA) is 49.4 Å². The highest BCUT2D eigenvalue weighted by atomic mass is 35.5. The Hall–Kier alpha value is -2.47. The number of anilines is 2. The van der Waals surface area contributed by atoms with Crippen molar-refractivity contribution >= 4 is 34.8 Å². The van der Waals surface area contributed by atoms with Crippen molar-refractivity contribution in [1.82, 2.24) is 0 Å². The van der Waals surface area contributed by atoms with Crippen molar-refractivity contribution in [3.8, 4) is 0 Å². The molecule has 1 saturated heterocycles. The fourth-order valence-corrected chi connectivity index (χ4v) is 2.88. The molecule has 0 aliphatic carbocycles. The van der Waals surface area contributed by atoms with Gasteiger partial charge in [-0.25, -0.2) is 8.78 Å². The Morgan fingerprint density at radius 2 is 1.83 bits per heavy atom. The number of rotatable bonds is 3. The number of hydrogen-bond donors (Lipinski definition) is 1. The van der Waals surface area contributed by atoms with Crippen molar-refractivity contribution in [1.29, 1.82) is 0 Å². The van der Waals surface area contributed by atoms with Crippen molar-refractivity contribution in [2.75, 3.05) is 16.8 Å². The molecule has 0 spiro atoms. The van der Waals surface area contributed by atoms with Crippen LogP contribution in [0.2, 0.25) is 5.02 Å². The molecule has 0 atom stereocenters. The Balaban J connectivity index is 1.79. The van der Waals surface area contributed by atoms with Crippen LogP contribution in [-0.4, -0.2) is 18.4 Å². The molecule has 0 bridgehead atoms. The molecule has 1 aliphatic heterocycles. The molecule has 24 heavy (non-hydrogen) atoms. The summed E-state index contributed by atoms with van der Waals surface area (Å²) in [4.78, 5) is 25.4. The molecule has 7 heteroatoms. The van der Waals surface area contributed by atoms with Crippen molar-refractivity contribution in [2.24, 2.45) is 0 Å². The van der Waals surface area contributed by atoms with Crippen LogP contribution < -0.4 is 10.2 Å². The molecule has 124 valence electrons. The molecular formula is C17H13ClF2N2O2. The number of carbonyl (C=O) groups excluding carboxylic acids is 2. The number of halogens is 3. The second kappa shape index (κ2) is 6.57. The van der Waals surface area contributed by atoms with Gasteiger partial charge in [0.15, 0.2) is 0 Å². The predicted octanol–water partition coefficient (Wildman–Crippen LogP) is 4.00. The summed E-state index contributed by atoms with van der Waals surface area (Å²) in [7, 11) is 0. The normalized spacial score (nSPS) is 14.1. The van der Waals surface area contributed by atoms with Gasteiger partial charge in [0.2, 0.25) is 5.91 Å². The highest BCUT2D eigenvalue weighted by Crippen LogP contribution is 2.31. The van der Waals surface area contributed by atoms with Crippen molar-refractivity contribution in [2.45, 2.75) is 12.8 Å². The monoisotopic (exact) mass is 350 g/mol. The van der Waals surface area contributed by atoms with Gasteiger partial charge in [0.25, 0.3) is 5.91 Å². The number of hydrogen-bond acceptors (Lipinski definition) is 2. The zero-order valence-corrected chi connectivity index (χ0v) is 13.2. The summed E-state index contributed by atoms with van der Waals surface area (Å²) < 4.78 is 26.4. The Morgan fingerprint density at radius 3 is 2.42 bits per heavy atom.